The van der Waals surface area contributed by atoms with E-state index < -0.39 is 17.2 Å². The van der Waals surface area contributed by atoms with E-state index in [1.54, 1.807) is 31.3 Å². The molecule has 0 unspecified atom stereocenters. The van der Waals surface area contributed by atoms with Crippen LogP contribution in [0, 0.1) is 0 Å². The molecule has 3 aliphatic rings. The summed E-state index contributed by atoms with van der Waals surface area (Å²) in [7, 11) is 0. The number of hydrogen-bond acceptors (Lipinski definition) is 8. The molecule has 2 aromatic carbocycles. The van der Waals surface area contributed by atoms with Crippen LogP contribution in [0.2, 0.25) is 0 Å². The Morgan fingerprint density at radius 3 is 2.61 bits per heavy atom. The fraction of sp³-hybridized carbons (Fsp3) is 0.395. The van der Waals surface area contributed by atoms with Gasteiger partial charge in [0.05, 0.1) is 5.92 Å². The van der Waals surface area contributed by atoms with Gasteiger partial charge in [0.1, 0.15) is 17.2 Å². The Morgan fingerprint density at radius 1 is 1.11 bits per heavy atom. The van der Waals surface area contributed by atoms with Crippen LogP contribution in [0.15, 0.2) is 81.7 Å². The van der Waals surface area contributed by atoms with Gasteiger partial charge in [-0.1, -0.05) is 49.2 Å². The number of allylic oxidation sites excluding steroid dienone is 1. The molecular formula is C38H40N2O6. The zero-order chi connectivity index (χ0) is 32.3. The highest BCUT2D eigenvalue weighted by molar-refractivity contribution is 5.88. The summed E-state index contributed by atoms with van der Waals surface area (Å²) < 4.78 is 19.6. The first-order chi connectivity index (χ1) is 22.1. The zero-order valence-electron chi connectivity index (χ0n) is 26.6. The summed E-state index contributed by atoms with van der Waals surface area (Å²) in [5.74, 6) is 0.239. The van der Waals surface area contributed by atoms with Gasteiger partial charge in [-0.3, -0.25) is 0 Å². The molecule has 3 heterocycles. The summed E-state index contributed by atoms with van der Waals surface area (Å²) in [5.41, 5.74) is 8.68. The number of pyridine rings is 1. The lowest BCUT2D eigenvalue weighted by atomic mass is 9.60. The van der Waals surface area contributed by atoms with E-state index in [1.807, 2.05) is 44.2 Å². The predicted octanol–water partition coefficient (Wildman–Crippen LogP) is 6.29. The lowest BCUT2D eigenvalue weighted by Crippen LogP contribution is -2.65. The summed E-state index contributed by atoms with van der Waals surface area (Å²) in [6.45, 7) is 5.55. The second-order valence-electron chi connectivity index (χ2n) is 13.5. The third-order valence-electron chi connectivity index (χ3n) is 10.9. The second-order valence-corrected chi connectivity index (χ2v) is 13.5. The van der Waals surface area contributed by atoms with Crippen molar-refractivity contribution in [3.8, 4) is 5.75 Å². The van der Waals surface area contributed by atoms with Crippen molar-refractivity contribution in [3.05, 3.63) is 111 Å². The van der Waals surface area contributed by atoms with Crippen molar-refractivity contribution in [2.75, 3.05) is 12.3 Å². The Bertz CT molecular complexity index is 1920. The first kappa shape index (κ1) is 30.2. The maximum absolute atomic E-state index is 13.5. The number of nitrogens with zero attached hydrogens (tertiary/aromatic N) is 1. The maximum Gasteiger partial charge on any atom is 0.340 e. The van der Waals surface area contributed by atoms with Crippen molar-refractivity contribution in [3.63, 3.8) is 0 Å². The van der Waals surface area contributed by atoms with Gasteiger partial charge in [-0.25, -0.2) is 14.6 Å². The van der Waals surface area contributed by atoms with Gasteiger partial charge in [0, 0.05) is 53.6 Å². The van der Waals surface area contributed by atoms with Crippen molar-refractivity contribution in [2.24, 2.45) is 0 Å². The van der Waals surface area contributed by atoms with E-state index in [1.165, 1.54) is 0 Å². The molecule has 46 heavy (non-hydrogen) atoms. The number of carbonyl (C=O) groups excluding carboxylic acids is 1. The van der Waals surface area contributed by atoms with Crippen LogP contribution in [-0.2, 0) is 27.8 Å². The van der Waals surface area contributed by atoms with Crippen molar-refractivity contribution >= 4 is 22.8 Å². The second kappa shape index (κ2) is 11.1. The van der Waals surface area contributed by atoms with Crippen molar-refractivity contribution < 1.29 is 23.8 Å². The smallest absolute Gasteiger partial charge is 0.340 e. The fourth-order valence-corrected chi connectivity index (χ4v) is 8.30. The number of aliphatic hydroxyl groups excluding tert-OH is 1. The molecule has 3 N–H and O–H groups in total. The number of nitrogens with two attached hydrogens (primary N) is 1. The quantitative estimate of drug-likeness (QED) is 0.146. The van der Waals surface area contributed by atoms with Gasteiger partial charge in [0.25, 0.3) is 0 Å². The maximum atomic E-state index is 13.5. The minimum atomic E-state index is -1.10. The Morgan fingerprint density at radius 2 is 1.89 bits per heavy atom. The Hall–Kier alpha value is -4.43. The van der Waals surface area contributed by atoms with Crippen LogP contribution in [-0.4, -0.2) is 33.9 Å². The lowest BCUT2D eigenvalue weighted by molar-refractivity contribution is -0.184. The molecule has 1 saturated carbocycles. The average molecular weight is 621 g/mol. The summed E-state index contributed by atoms with van der Waals surface area (Å²) in [5, 5.41) is 10.7. The minimum Gasteiger partial charge on any atom is -0.481 e. The summed E-state index contributed by atoms with van der Waals surface area (Å²) in [4.78, 5) is 31.4. The number of hydrogen-bond donors (Lipinski definition) is 2. The van der Waals surface area contributed by atoms with Crippen molar-refractivity contribution in [1.29, 1.82) is 0 Å². The van der Waals surface area contributed by atoms with E-state index >= 15 is 0 Å². The van der Waals surface area contributed by atoms with Crippen LogP contribution < -0.4 is 16.1 Å². The van der Waals surface area contributed by atoms with E-state index in [9.17, 15) is 14.7 Å². The summed E-state index contributed by atoms with van der Waals surface area (Å²) >= 11 is 0. The van der Waals surface area contributed by atoms with Crippen LogP contribution in [0.25, 0.3) is 11.0 Å². The highest BCUT2D eigenvalue weighted by Crippen LogP contribution is 2.57. The number of esters is 1. The Balaban J connectivity index is 1.41. The monoisotopic (exact) mass is 620 g/mol. The van der Waals surface area contributed by atoms with E-state index in [-0.39, 0.29) is 23.6 Å². The molecule has 0 saturated heterocycles. The van der Waals surface area contributed by atoms with Crippen molar-refractivity contribution in [1.82, 2.24) is 4.98 Å². The van der Waals surface area contributed by atoms with E-state index in [2.05, 4.69) is 17.1 Å². The standard InChI is InChI=1S/C38H40N2O6/c1-4-23(2)34(42)46-36(3)20-24-9-5-6-10-28(24)33(25-11-12-32(39)40-22-25)38(36)21-27-17-26-18-29(37(15-16-41)13-7-8-14-37)35(43)44-30(26)19-31(27)45-38/h4-6,9-12,17-19,22,33,41H,7-8,13-16,20-21H2,1-3H3,(H2,39,40)/b23-4+/t33-,36-,38+/m0/s1. The van der Waals surface area contributed by atoms with Gasteiger partial charge in [-0.15, -0.1) is 0 Å². The molecule has 2 aromatic heterocycles. The number of fused-ring (bicyclic) bond motifs is 3. The van der Waals surface area contributed by atoms with Gasteiger partial charge in [0.15, 0.2) is 11.2 Å². The third kappa shape index (κ3) is 4.65. The summed E-state index contributed by atoms with van der Waals surface area (Å²) in [6.07, 6.45) is 8.70. The van der Waals surface area contributed by atoms with E-state index in [4.69, 9.17) is 19.6 Å². The molecule has 7 rings (SSSR count). The normalized spacial score (nSPS) is 24.9. The number of rotatable bonds is 6. The molecule has 0 radical (unpaired) electrons. The van der Waals surface area contributed by atoms with Gasteiger partial charge in [-0.2, -0.15) is 0 Å². The molecule has 8 nitrogen and oxygen atoms in total. The third-order valence-corrected chi connectivity index (χ3v) is 10.9. The number of benzene rings is 2. The number of aliphatic hydroxyl groups is 1. The predicted molar refractivity (Wildman–Crippen MR) is 176 cm³/mol. The molecular weight excluding hydrogens is 580 g/mol. The first-order valence-electron chi connectivity index (χ1n) is 16.2. The van der Waals surface area contributed by atoms with Gasteiger partial charge in [0.2, 0.25) is 0 Å². The molecule has 0 amide bonds. The Kier molecular flexibility index (Phi) is 7.31. The molecule has 4 aromatic rings. The number of aromatic nitrogens is 1. The zero-order valence-corrected chi connectivity index (χ0v) is 26.6. The number of ether oxygens (including phenoxy) is 2. The molecule has 0 bridgehead atoms. The summed E-state index contributed by atoms with van der Waals surface area (Å²) in [6, 6.07) is 17.7. The average Bonchev–Trinajstić information content (AvgIpc) is 3.66. The number of nitrogen functional groups attached to an aromatic ring is 1. The SMILES string of the molecule is C/C=C(\C)C(=O)O[C@@]1(C)Cc2ccccc2[C@H](c2ccc(N)nc2)[C@]12Cc1cc3cc(C4(CCO)CCCC4)c(=O)oc3cc1O2. The highest BCUT2D eigenvalue weighted by Gasteiger charge is 2.64. The van der Waals surface area contributed by atoms with E-state index in [0.29, 0.717) is 47.5 Å². The minimum absolute atomic E-state index is 0.0187. The van der Waals surface area contributed by atoms with Crippen LogP contribution in [0.1, 0.15) is 86.6 Å². The molecule has 3 atom stereocenters. The Labute approximate surface area is 268 Å². The molecule has 1 spiro atoms. The molecule has 8 heteroatoms. The molecule has 1 aliphatic heterocycles. The van der Waals surface area contributed by atoms with Crippen LogP contribution in [0.5, 0.6) is 5.75 Å². The van der Waals surface area contributed by atoms with Crippen molar-refractivity contribution in [2.45, 2.75) is 88.3 Å². The van der Waals surface area contributed by atoms with Crippen LogP contribution in [0.4, 0.5) is 5.82 Å². The van der Waals surface area contributed by atoms with E-state index in [0.717, 1.165) is 53.3 Å². The van der Waals surface area contributed by atoms with Crippen LogP contribution in [0.3, 0.4) is 0 Å². The van der Waals surface area contributed by atoms with Gasteiger partial charge >= 0.3 is 11.6 Å². The molecule has 1 fully saturated rings. The van der Waals surface area contributed by atoms with Crippen LogP contribution >= 0.6 is 0 Å². The largest absolute Gasteiger partial charge is 0.481 e. The fourth-order valence-electron chi connectivity index (χ4n) is 8.30. The lowest BCUT2D eigenvalue weighted by Gasteiger charge is -2.52. The highest BCUT2D eigenvalue weighted by atomic mass is 16.6. The molecule has 2 aliphatic carbocycles. The molecule has 238 valence electrons. The topological polar surface area (TPSA) is 125 Å². The number of anilines is 1. The van der Waals surface area contributed by atoms with Gasteiger partial charge in [-0.05, 0) is 80.5 Å². The first-order valence-corrected chi connectivity index (χ1v) is 16.2. The van der Waals surface area contributed by atoms with Gasteiger partial charge < -0.3 is 24.7 Å². The number of carbonyl (C=O) groups is 1.